The van der Waals surface area contributed by atoms with Crippen LogP contribution in [-0.2, 0) is 0 Å². The van der Waals surface area contributed by atoms with Crippen LogP contribution in [0.3, 0.4) is 0 Å². The first-order valence-electron chi connectivity index (χ1n) is 9.12. The Labute approximate surface area is 167 Å². The Morgan fingerprint density at radius 3 is 2.44 bits per heavy atom. The van der Waals surface area contributed by atoms with Gasteiger partial charge < -0.3 is 15.4 Å². The number of anilines is 1. The standard InChI is InChI=1S/C21H23BrN2O3/c1-27-19-11-10-15(13-18(19)22)21(26)24-17-9-5-6-14(12-17)20(25)23-16-7-3-2-4-8-16/h5-6,9-13,16H,2-4,7-8H2,1H3,(H,23,25)(H,24,26). The van der Waals surface area contributed by atoms with Crippen LogP contribution in [0.15, 0.2) is 46.9 Å². The number of nitrogens with one attached hydrogen (secondary N) is 2. The fourth-order valence-corrected chi connectivity index (χ4v) is 3.81. The number of ether oxygens (including phenoxy) is 1. The molecule has 0 radical (unpaired) electrons. The maximum absolute atomic E-state index is 12.5. The normalized spacial score (nSPS) is 14.4. The number of hydrogen-bond donors (Lipinski definition) is 2. The molecule has 2 amide bonds. The fourth-order valence-electron chi connectivity index (χ4n) is 3.26. The van der Waals surface area contributed by atoms with Crippen LogP contribution in [0.25, 0.3) is 0 Å². The highest BCUT2D eigenvalue weighted by Crippen LogP contribution is 2.26. The van der Waals surface area contributed by atoms with Gasteiger partial charge in [0.2, 0.25) is 0 Å². The highest BCUT2D eigenvalue weighted by atomic mass is 79.9. The molecule has 27 heavy (non-hydrogen) atoms. The molecule has 6 heteroatoms. The van der Waals surface area contributed by atoms with Crippen LogP contribution in [-0.4, -0.2) is 25.0 Å². The third kappa shape index (κ3) is 5.10. The molecule has 0 bridgehead atoms. The van der Waals surface area contributed by atoms with E-state index in [0.29, 0.717) is 27.0 Å². The van der Waals surface area contributed by atoms with Crippen molar-refractivity contribution in [2.45, 2.75) is 38.1 Å². The highest BCUT2D eigenvalue weighted by molar-refractivity contribution is 9.10. The minimum Gasteiger partial charge on any atom is -0.496 e. The van der Waals surface area contributed by atoms with Gasteiger partial charge >= 0.3 is 0 Å². The summed E-state index contributed by atoms with van der Waals surface area (Å²) in [5.74, 6) is 0.321. The van der Waals surface area contributed by atoms with Crippen LogP contribution >= 0.6 is 15.9 Å². The van der Waals surface area contributed by atoms with Crippen molar-refractivity contribution in [1.82, 2.24) is 5.32 Å². The van der Waals surface area contributed by atoms with Gasteiger partial charge in [0, 0.05) is 22.9 Å². The molecule has 0 heterocycles. The maximum Gasteiger partial charge on any atom is 0.255 e. The van der Waals surface area contributed by atoms with Gasteiger partial charge in [-0.05, 0) is 65.2 Å². The molecule has 1 saturated carbocycles. The lowest BCUT2D eigenvalue weighted by Gasteiger charge is -2.22. The van der Waals surface area contributed by atoms with Gasteiger partial charge in [-0.2, -0.15) is 0 Å². The van der Waals surface area contributed by atoms with Crippen LogP contribution in [0.4, 0.5) is 5.69 Å². The first-order valence-corrected chi connectivity index (χ1v) is 9.92. The van der Waals surface area contributed by atoms with Crippen LogP contribution < -0.4 is 15.4 Å². The molecule has 1 fully saturated rings. The zero-order valence-electron chi connectivity index (χ0n) is 15.3. The Bertz CT molecular complexity index is 832. The van der Waals surface area contributed by atoms with Crippen molar-refractivity contribution in [3.8, 4) is 5.75 Å². The Morgan fingerprint density at radius 1 is 1.00 bits per heavy atom. The summed E-state index contributed by atoms with van der Waals surface area (Å²) in [7, 11) is 1.57. The first kappa shape index (κ1) is 19.4. The van der Waals surface area contributed by atoms with Gasteiger partial charge in [-0.15, -0.1) is 0 Å². The van der Waals surface area contributed by atoms with Crippen LogP contribution in [0, 0.1) is 0 Å². The number of methoxy groups -OCH3 is 1. The van der Waals surface area contributed by atoms with Gasteiger partial charge in [0.15, 0.2) is 0 Å². The lowest BCUT2D eigenvalue weighted by molar-refractivity contribution is 0.0926. The van der Waals surface area contributed by atoms with E-state index in [1.165, 1.54) is 19.3 Å². The molecule has 0 unspecified atom stereocenters. The molecule has 2 aromatic carbocycles. The van der Waals surface area contributed by atoms with Crippen molar-refractivity contribution in [2.24, 2.45) is 0 Å². The Hall–Kier alpha value is -2.34. The molecule has 0 spiro atoms. The van der Waals surface area contributed by atoms with Crippen molar-refractivity contribution in [2.75, 3.05) is 12.4 Å². The predicted molar refractivity (Wildman–Crippen MR) is 109 cm³/mol. The number of carbonyl (C=O) groups excluding carboxylic acids is 2. The average Bonchev–Trinajstić information content (AvgIpc) is 2.69. The van der Waals surface area contributed by atoms with Gasteiger partial charge in [-0.1, -0.05) is 25.3 Å². The van der Waals surface area contributed by atoms with Gasteiger partial charge in [-0.3, -0.25) is 9.59 Å². The summed E-state index contributed by atoms with van der Waals surface area (Å²) < 4.78 is 5.89. The van der Waals surface area contributed by atoms with E-state index in [1.54, 1.807) is 49.6 Å². The SMILES string of the molecule is COc1ccc(C(=O)Nc2cccc(C(=O)NC3CCCCC3)c2)cc1Br. The minimum atomic E-state index is -0.247. The Kier molecular flexibility index (Phi) is 6.50. The second-order valence-electron chi connectivity index (χ2n) is 6.69. The molecular formula is C21H23BrN2O3. The van der Waals surface area contributed by atoms with Gasteiger partial charge in [0.25, 0.3) is 11.8 Å². The lowest BCUT2D eigenvalue weighted by atomic mass is 9.95. The molecule has 0 aliphatic heterocycles. The van der Waals surface area contributed by atoms with Crippen LogP contribution in [0.5, 0.6) is 5.75 Å². The maximum atomic E-state index is 12.5. The molecule has 0 saturated heterocycles. The largest absolute Gasteiger partial charge is 0.496 e. The molecular weight excluding hydrogens is 408 g/mol. The molecule has 5 nitrogen and oxygen atoms in total. The third-order valence-corrected chi connectivity index (χ3v) is 5.36. The van der Waals surface area contributed by atoms with Crippen molar-refractivity contribution < 1.29 is 14.3 Å². The molecule has 1 aliphatic carbocycles. The van der Waals surface area contributed by atoms with Crippen molar-refractivity contribution in [1.29, 1.82) is 0 Å². The Morgan fingerprint density at radius 2 is 1.74 bits per heavy atom. The van der Waals surface area contributed by atoms with Gasteiger partial charge in [0.1, 0.15) is 5.75 Å². The quantitative estimate of drug-likeness (QED) is 0.717. The topological polar surface area (TPSA) is 67.4 Å². The van der Waals surface area contributed by atoms with Crippen molar-refractivity contribution in [3.63, 3.8) is 0 Å². The van der Waals surface area contributed by atoms with Crippen LogP contribution in [0.2, 0.25) is 0 Å². The van der Waals surface area contributed by atoms with E-state index in [4.69, 9.17) is 4.74 Å². The van der Waals surface area contributed by atoms with E-state index in [0.717, 1.165) is 12.8 Å². The summed E-state index contributed by atoms with van der Waals surface area (Å²) in [6.07, 6.45) is 5.65. The van der Waals surface area contributed by atoms with E-state index in [2.05, 4.69) is 26.6 Å². The van der Waals surface area contributed by atoms with E-state index < -0.39 is 0 Å². The number of carbonyl (C=O) groups is 2. The number of benzene rings is 2. The van der Waals surface area contributed by atoms with Gasteiger partial charge in [0.05, 0.1) is 11.6 Å². The number of amides is 2. The third-order valence-electron chi connectivity index (χ3n) is 4.74. The summed E-state index contributed by atoms with van der Waals surface area (Å²) >= 11 is 3.38. The zero-order valence-corrected chi connectivity index (χ0v) is 16.8. The smallest absolute Gasteiger partial charge is 0.255 e. The van der Waals surface area contributed by atoms with Crippen molar-refractivity contribution >= 4 is 33.4 Å². The predicted octanol–water partition coefficient (Wildman–Crippen LogP) is 4.77. The number of rotatable bonds is 5. The second-order valence-corrected chi connectivity index (χ2v) is 7.55. The van der Waals surface area contributed by atoms with Crippen molar-refractivity contribution in [3.05, 3.63) is 58.1 Å². The lowest BCUT2D eigenvalue weighted by Crippen LogP contribution is -2.36. The van der Waals surface area contributed by atoms with Crippen LogP contribution in [0.1, 0.15) is 52.8 Å². The fraction of sp³-hybridized carbons (Fsp3) is 0.333. The monoisotopic (exact) mass is 430 g/mol. The highest BCUT2D eigenvalue weighted by Gasteiger charge is 2.17. The molecule has 3 rings (SSSR count). The summed E-state index contributed by atoms with van der Waals surface area (Å²) in [6.45, 7) is 0. The molecule has 1 aliphatic rings. The van der Waals surface area contributed by atoms with E-state index >= 15 is 0 Å². The summed E-state index contributed by atoms with van der Waals surface area (Å²) in [5, 5.41) is 5.94. The zero-order chi connectivity index (χ0) is 19.2. The summed E-state index contributed by atoms with van der Waals surface area (Å²) in [5.41, 5.74) is 1.64. The van der Waals surface area contributed by atoms with E-state index in [1.807, 2.05) is 0 Å². The van der Waals surface area contributed by atoms with E-state index in [-0.39, 0.29) is 17.9 Å². The minimum absolute atomic E-state index is 0.0924. The molecule has 2 N–H and O–H groups in total. The summed E-state index contributed by atoms with van der Waals surface area (Å²) in [4.78, 5) is 25.0. The molecule has 0 aromatic heterocycles. The molecule has 0 atom stereocenters. The van der Waals surface area contributed by atoms with E-state index in [9.17, 15) is 9.59 Å². The average molecular weight is 431 g/mol. The summed E-state index contributed by atoms with van der Waals surface area (Å²) in [6, 6.07) is 12.4. The Balaban J connectivity index is 1.67. The number of halogens is 1. The molecule has 142 valence electrons. The number of hydrogen-bond acceptors (Lipinski definition) is 3. The molecule has 2 aromatic rings. The second kappa shape index (κ2) is 9.04. The van der Waals surface area contributed by atoms with Gasteiger partial charge in [-0.25, -0.2) is 0 Å². The first-order chi connectivity index (χ1) is 13.1.